The van der Waals surface area contributed by atoms with E-state index >= 15 is 0 Å². The zero-order chi connectivity index (χ0) is 11.2. The average Bonchev–Trinajstić information content (AvgIpc) is 2.12. The summed E-state index contributed by atoms with van der Waals surface area (Å²) in [7, 11) is 1.68. The summed E-state index contributed by atoms with van der Waals surface area (Å²) in [5.74, 6) is 0.0997. The van der Waals surface area contributed by atoms with Crippen LogP contribution in [0.2, 0.25) is 0 Å². The van der Waals surface area contributed by atoms with Gasteiger partial charge < -0.3 is 15.2 Å². The Labute approximate surface area is 86.3 Å². The van der Waals surface area contributed by atoms with Crippen LogP contribution in [0.25, 0.3) is 0 Å². The molecule has 0 aliphatic heterocycles. The smallest absolute Gasteiger partial charge is 0.120 e. The molecule has 1 atom stereocenters. The molecule has 14 heavy (non-hydrogen) atoms. The van der Waals surface area contributed by atoms with Gasteiger partial charge in [-0.25, -0.2) is 0 Å². The summed E-state index contributed by atoms with van der Waals surface area (Å²) in [4.78, 5) is 0. The van der Waals surface area contributed by atoms with E-state index in [0.29, 0.717) is 6.61 Å². The van der Waals surface area contributed by atoms with Crippen LogP contribution in [0.3, 0.4) is 0 Å². The maximum absolute atomic E-state index is 7.25. The van der Waals surface area contributed by atoms with E-state index in [2.05, 4.69) is 0 Å². The lowest BCUT2D eigenvalue weighted by molar-refractivity contribution is -0.0166. The number of hydrogen-bond acceptors (Lipinski definition) is 3. The molecule has 1 unspecified atom stereocenters. The molecule has 0 bridgehead atoms. The van der Waals surface area contributed by atoms with Crippen molar-refractivity contribution in [2.24, 2.45) is 5.73 Å². The quantitative estimate of drug-likeness (QED) is 0.486. The van der Waals surface area contributed by atoms with Gasteiger partial charge in [0.1, 0.15) is 11.9 Å². The summed E-state index contributed by atoms with van der Waals surface area (Å²) < 4.78 is 10.7. The number of nitrogens with two attached hydrogens (primary N) is 1. The van der Waals surface area contributed by atoms with Crippen molar-refractivity contribution < 1.29 is 9.47 Å². The van der Waals surface area contributed by atoms with Crippen molar-refractivity contribution in [3.63, 3.8) is 0 Å². The maximum atomic E-state index is 7.25. The predicted molar refractivity (Wildman–Crippen MR) is 57.7 cm³/mol. The number of nitrogens with one attached hydrogen (secondary N) is 1. The molecular formula is C10H22N2O2. The second-order valence-corrected chi connectivity index (χ2v) is 3.94. The van der Waals surface area contributed by atoms with Gasteiger partial charge in [-0.3, -0.25) is 5.41 Å². The van der Waals surface area contributed by atoms with E-state index in [4.69, 9.17) is 20.6 Å². The zero-order valence-corrected chi connectivity index (χ0v) is 9.59. The number of ether oxygens (including phenoxy) is 2. The molecule has 0 aliphatic carbocycles. The van der Waals surface area contributed by atoms with Gasteiger partial charge in [-0.1, -0.05) is 6.92 Å². The molecule has 0 fully saturated rings. The maximum Gasteiger partial charge on any atom is 0.120 e. The Kier molecular flexibility index (Phi) is 5.72. The van der Waals surface area contributed by atoms with E-state index in [1.165, 1.54) is 0 Å². The fourth-order valence-electron chi connectivity index (χ4n) is 0.977. The van der Waals surface area contributed by atoms with Gasteiger partial charge in [0.25, 0.3) is 0 Å². The van der Waals surface area contributed by atoms with Gasteiger partial charge in [-0.05, 0) is 26.7 Å². The van der Waals surface area contributed by atoms with Gasteiger partial charge in [0, 0.05) is 7.11 Å². The topological polar surface area (TPSA) is 68.3 Å². The molecule has 4 heteroatoms. The Hall–Kier alpha value is -0.610. The minimum Gasteiger partial charge on any atom is -0.385 e. The van der Waals surface area contributed by atoms with E-state index < -0.39 is 0 Å². The molecule has 0 aliphatic rings. The first-order chi connectivity index (χ1) is 6.43. The summed E-state index contributed by atoms with van der Waals surface area (Å²) in [6, 6.07) is 0. The SMILES string of the molecule is CCC(OCCC(C)(C)OC)C(=N)N. The molecular weight excluding hydrogens is 180 g/mol. The van der Waals surface area contributed by atoms with E-state index in [1.54, 1.807) is 7.11 Å². The Morgan fingerprint density at radius 3 is 2.43 bits per heavy atom. The molecule has 0 heterocycles. The van der Waals surface area contributed by atoms with Gasteiger partial charge in [0.05, 0.1) is 12.2 Å². The lowest BCUT2D eigenvalue weighted by Gasteiger charge is -2.24. The molecule has 0 aromatic rings. The van der Waals surface area contributed by atoms with E-state index in [9.17, 15) is 0 Å². The molecule has 3 N–H and O–H groups in total. The van der Waals surface area contributed by atoms with Crippen LogP contribution in [0.4, 0.5) is 0 Å². The predicted octanol–water partition coefficient (Wildman–Crippen LogP) is 1.53. The van der Waals surface area contributed by atoms with E-state index in [0.717, 1.165) is 12.8 Å². The third-order valence-corrected chi connectivity index (χ3v) is 2.29. The lowest BCUT2D eigenvalue weighted by Crippen LogP contribution is -2.32. The number of hydrogen-bond donors (Lipinski definition) is 2. The minimum atomic E-state index is -0.248. The lowest BCUT2D eigenvalue weighted by atomic mass is 10.1. The van der Waals surface area contributed by atoms with E-state index in [-0.39, 0.29) is 17.5 Å². The van der Waals surface area contributed by atoms with Crippen molar-refractivity contribution >= 4 is 5.84 Å². The van der Waals surface area contributed by atoms with Crippen molar-refractivity contribution in [1.29, 1.82) is 5.41 Å². The summed E-state index contributed by atoms with van der Waals surface area (Å²) in [6.07, 6.45) is 1.29. The second kappa shape index (κ2) is 5.98. The fourth-order valence-corrected chi connectivity index (χ4v) is 0.977. The van der Waals surface area contributed by atoms with Crippen LogP contribution in [-0.2, 0) is 9.47 Å². The standard InChI is InChI=1S/C10H22N2O2/c1-5-8(9(11)12)14-7-6-10(2,3)13-4/h8H,5-7H2,1-4H3,(H3,11,12). The molecule has 0 saturated heterocycles. The first kappa shape index (κ1) is 13.4. The van der Waals surface area contributed by atoms with Crippen LogP contribution >= 0.6 is 0 Å². The van der Waals surface area contributed by atoms with Gasteiger partial charge in [0.2, 0.25) is 0 Å². The minimum absolute atomic E-state index is 0.0997. The van der Waals surface area contributed by atoms with Crippen LogP contribution in [0.1, 0.15) is 33.6 Å². The molecule has 0 amide bonds. The highest BCUT2D eigenvalue weighted by Gasteiger charge is 2.17. The van der Waals surface area contributed by atoms with Crippen LogP contribution in [0, 0.1) is 5.41 Å². The van der Waals surface area contributed by atoms with Crippen LogP contribution in [-0.4, -0.2) is 31.3 Å². The van der Waals surface area contributed by atoms with Crippen molar-refractivity contribution in [2.75, 3.05) is 13.7 Å². The molecule has 0 radical (unpaired) electrons. The number of rotatable bonds is 7. The highest BCUT2D eigenvalue weighted by Crippen LogP contribution is 2.13. The zero-order valence-electron chi connectivity index (χ0n) is 9.59. The van der Waals surface area contributed by atoms with Crippen LogP contribution in [0.15, 0.2) is 0 Å². The van der Waals surface area contributed by atoms with E-state index in [1.807, 2.05) is 20.8 Å². The Morgan fingerprint density at radius 1 is 1.50 bits per heavy atom. The Bertz CT molecular complexity index is 181. The summed E-state index contributed by atoms with van der Waals surface area (Å²) in [5.41, 5.74) is 5.19. The first-order valence-corrected chi connectivity index (χ1v) is 4.93. The third-order valence-electron chi connectivity index (χ3n) is 2.29. The Balaban J connectivity index is 3.77. The molecule has 0 rings (SSSR count). The second-order valence-electron chi connectivity index (χ2n) is 3.94. The normalized spacial score (nSPS) is 14.0. The molecule has 0 spiro atoms. The molecule has 0 aromatic carbocycles. The Morgan fingerprint density at radius 2 is 2.07 bits per heavy atom. The molecule has 0 saturated carbocycles. The van der Waals surface area contributed by atoms with Crippen molar-refractivity contribution in [3.05, 3.63) is 0 Å². The van der Waals surface area contributed by atoms with Gasteiger partial charge in [-0.15, -0.1) is 0 Å². The molecule has 4 nitrogen and oxygen atoms in total. The van der Waals surface area contributed by atoms with Gasteiger partial charge in [-0.2, -0.15) is 0 Å². The van der Waals surface area contributed by atoms with Crippen LogP contribution < -0.4 is 5.73 Å². The van der Waals surface area contributed by atoms with Crippen molar-refractivity contribution in [2.45, 2.75) is 45.3 Å². The number of amidine groups is 1. The summed E-state index contributed by atoms with van der Waals surface area (Å²) in [5, 5.41) is 7.25. The highest BCUT2D eigenvalue weighted by atomic mass is 16.5. The largest absolute Gasteiger partial charge is 0.385 e. The van der Waals surface area contributed by atoms with Gasteiger partial charge in [0.15, 0.2) is 0 Å². The van der Waals surface area contributed by atoms with Crippen molar-refractivity contribution in [1.82, 2.24) is 0 Å². The average molecular weight is 202 g/mol. The first-order valence-electron chi connectivity index (χ1n) is 4.93. The monoisotopic (exact) mass is 202 g/mol. The van der Waals surface area contributed by atoms with Gasteiger partial charge >= 0.3 is 0 Å². The molecule has 0 aromatic heterocycles. The number of methoxy groups -OCH3 is 1. The molecule has 84 valence electrons. The highest BCUT2D eigenvalue weighted by molar-refractivity contribution is 5.81. The summed E-state index contributed by atoms with van der Waals surface area (Å²) >= 11 is 0. The fraction of sp³-hybridized carbons (Fsp3) is 0.900. The summed E-state index contributed by atoms with van der Waals surface area (Å²) in [6.45, 7) is 6.53. The third kappa shape index (κ3) is 5.19. The van der Waals surface area contributed by atoms with Crippen LogP contribution in [0.5, 0.6) is 0 Å². The van der Waals surface area contributed by atoms with Crippen molar-refractivity contribution in [3.8, 4) is 0 Å².